The topological polar surface area (TPSA) is 193 Å². The fourth-order valence-corrected chi connectivity index (χ4v) is 0.580. The van der Waals surface area contributed by atoms with Gasteiger partial charge in [0.1, 0.15) is 17.2 Å². The summed E-state index contributed by atoms with van der Waals surface area (Å²) in [5, 5.41) is 55.5. The van der Waals surface area contributed by atoms with Gasteiger partial charge in [0.05, 0.1) is 10.2 Å². The van der Waals surface area contributed by atoms with Crippen molar-refractivity contribution in [2.75, 3.05) is 0 Å². The normalized spacial score (nSPS) is 7.33. The van der Waals surface area contributed by atoms with Crippen molar-refractivity contribution in [1.29, 1.82) is 0 Å². The van der Waals surface area contributed by atoms with E-state index in [1.807, 2.05) is 0 Å². The van der Waals surface area contributed by atoms with Crippen LogP contribution in [0.5, 0.6) is 17.2 Å². The number of hydrogen-bond donors (Lipinski definition) is 3. The van der Waals surface area contributed by atoms with Crippen LogP contribution in [0.3, 0.4) is 0 Å². The van der Waals surface area contributed by atoms with E-state index in [1.54, 1.807) is 0 Å². The van der Waals surface area contributed by atoms with Crippen LogP contribution in [0.1, 0.15) is 0 Å². The van der Waals surface area contributed by atoms with Crippen LogP contribution >= 0.6 is 0 Å². The van der Waals surface area contributed by atoms with E-state index in [4.69, 9.17) is 46.0 Å². The van der Waals surface area contributed by atoms with Gasteiger partial charge in [-0.2, -0.15) is 0 Å². The molecule has 0 atom stereocenters. The monoisotopic (exact) mass is 309 g/mol. The Labute approximate surface area is 109 Å². The van der Waals surface area contributed by atoms with Crippen molar-refractivity contribution in [3.8, 4) is 17.2 Å². The second-order valence-electron chi connectivity index (χ2n) is 2.15. The zero-order valence-corrected chi connectivity index (χ0v) is 9.29. The van der Waals surface area contributed by atoms with Crippen molar-refractivity contribution in [1.82, 2.24) is 0 Å². The number of nitrogens with zero attached hydrogens (tertiary/aromatic N) is 2. The fraction of sp³-hybridized carbons (Fsp3) is 0. The van der Waals surface area contributed by atoms with Crippen LogP contribution in [0.2, 0.25) is 0 Å². The first-order valence-electron chi connectivity index (χ1n) is 3.50. The smallest absolute Gasteiger partial charge is 0.508 e. The van der Waals surface area contributed by atoms with Gasteiger partial charge in [0.25, 0.3) is 0 Å². The molecule has 0 spiro atoms. The van der Waals surface area contributed by atoms with Crippen LogP contribution < -0.4 is 0 Å². The zero-order chi connectivity index (χ0) is 14.0. The predicted molar refractivity (Wildman–Crippen MR) is 52.2 cm³/mol. The Hall–Kier alpha value is -2.47. The van der Waals surface area contributed by atoms with Crippen molar-refractivity contribution in [2.24, 2.45) is 0 Å². The molecule has 11 nitrogen and oxygen atoms in total. The molecular formula is C6H6CoN2O9. The second kappa shape index (κ2) is 11.0. The van der Waals surface area contributed by atoms with Crippen molar-refractivity contribution in [3.63, 3.8) is 0 Å². The largest absolute Gasteiger partial charge is 2.00 e. The van der Waals surface area contributed by atoms with Crippen LogP contribution in [-0.4, -0.2) is 25.5 Å². The molecule has 12 heteroatoms. The van der Waals surface area contributed by atoms with E-state index in [2.05, 4.69) is 0 Å². The number of hydrogen-bond acceptors (Lipinski definition) is 9. The average Bonchev–Trinajstić information content (AvgIpc) is 1.96. The first kappa shape index (κ1) is 20.9. The molecule has 1 rings (SSSR count). The summed E-state index contributed by atoms with van der Waals surface area (Å²) in [5.41, 5.74) is 0. The molecule has 0 aliphatic carbocycles. The Morgan fingerprint density at radius 3 is 0.944 bits per heavy atom. The van der Waals surface area contributed by atoms with Gasteiger partial charge in [0, 0.05) is 18.2 Å². The molecule has 0 aliphatic rings. The Kier molecular flexibility index (Phi) is 12.8. The third kappa shape index (κ3) is 23.4. The first-order valence-corrected chi connectivity index (χ1v) is 3.50. The van der Waals surface area contributed by atoms with Gasteiger partial charge in [0.2, 0.25) is 0 Å². The molecule has 1 radical (unpaired) electrons. The zero-order valence-electron chi connectivity index (χ0n) is 8.25. The van der Waals surface area contributed by atoms with Gasteiger partial charge >= 0.3 is 16.8 Å². The SMILES string of the molecule is O=[N+]([O-])[O-].O=[N+]([O-])[O-].Oc1cc(O)cc(O)c1.[Co+2]. The summed E-state index contributed by atoms with van der Waals surface area (Å²) in [6.07, 6.45) is 0. The van der Waals surface area contributed by atoms with Gasteiger partial charge in [-0.05, 0) is 0 Å². The van der Waals surface area contributed by atoms with Crippen LogP contribution in [0, 0.1) is 30.6 Å². The summed E-state index contributed by atoms with van der Waals surface area (Å²) in [6.45, 7) is 0. The summed E-state index contributed by atoms with van der Waals surface area (Å²) < 4.78 is 0. The molecule has 0 heterocycles. The van der Waals surface area contributed by atoms with E-state index in [-0.39, 0.29) is 34.0 Å². The minimum absolute atomic E-state index is 0. The summed E-state index contributed by atoms with van der Waals surface area (Å²) >= 11 is 0. The molecular weight excluding hydrogens is 303 g/mol. The number of phenolic OH excluding ortho intramolecular Hbond substituents is 3. The van der Waals surface area contributed by atoms with Crippen LogP contribution in [0.15, 0.2) is 18.2 Å². The number of phenols is 3. The molecule has 0 bridgehead atoms. The number of rotatable bonds is 0. The number of aromatic hydroxyl groups is 3. The van der Waals surface area contributed by atoms with Crippen molar-refractivity contribution >= 4 is 0 Å². The third-order valence-electron chi connectivity index (χ3n) is 0.887. The molecule has 103 valence electrons. The van der Waals surface area contributed by atoms with Crippen molar-refractivity contribution in [2.45, 2.75) is 0 Å². The van der Waals surface area contributed by atoms with Crippen molar-refractivity contribution < 1.29 is 42.3 Å². The van der Waals surface area contributed by atoms with Gasteiger partial charge in [-0.3, -0.25) is 0 Å². The van der Waals surface area contributed by atoms with Gasteiger partial charge < -0.3 is 46.0 Å². The van der Waals surface area contributed by atoms with E-state index >= 15 is 0 Å². The summed E-state index contributed by atoms with van der Waals surface area (Å²) in [7, 11) is 0. The van der Waals surface area contributed by atoms with Crippen LogP contribution in [0.4, 0.5) is 0 Å². The molecule has 18 heavy (non-hydrogen) atoms. The van der Waals surface area contributed by atoms with E-state index < -0.39 is 10.2 Å². The predicted octanol–water partition coefficient (Wildman–Crippen LogP) is 0.323. The summed E-state index contributed by atoms with van der Waals surface area (Å²) in [5.74, 6) is -0.437. The quantitative estimate of drug-likeness (QED) is 0.446. The summed E-state index contributed by atoms with van der Waals surface area (Å²) in [4.78, 5) is 16.5. The molecule has 0 unspecified atom stereocenters. The first-order chi connectivity index (χ1) is 7.65. The molecule has 0 saturated heterocycles. The minimum Gasteiger partial charge on any atom is -0.508 e. The van der Waals surface area contributed by atoms with Crippen molar-refractivity contribution in [3.05, 3.63) is 48.8 Å². The average molecular weight is 309 g/mol. The van der Waals surface area contributed by atoms with E-state index in [9.17, 15) is 0 Å². The second-order valence-corrected chi connectivity index (χ2v) is 2.15. The molecule has 0 saturated carbocycles. The van der Waals surface area contributed by atoms with Crippen LogP contribution in [-0.2, 0) is 16.8 Å². The summed E-state index contributed by atoms with van der Waals surface area (Å²) in [6, 6.07) is 3.42. The van der Waals surface area contributed by atoms with Gasteiger partial charge in [-0.25, -0.2) is 0 Å². The maximum Gasteiger partial charge on any atom is 2.00 e. The molecule has 1 aromatic rings. The Morgan fingerprint density at radius 2 is 0.833 bits per heavy atom. The van der Waals surface area contributed by atoms with E-state index in [0.29, 0.717) is 0 Å². The molecule has 0 aromatic heterocycles. The van der Waals surface area contributed by atoms with Gasteiger partial charge in [0.15, 0.2) is 0 Å². The molecule has 0 aliphatic heterocycles. The number of benzene rings is 1. The Morgan fingerprint density at radius 1 is 0.722 bits per heavy atom. The Bertz CT molecular complexity index is 315. The fourth-order valence-electron chi connectivity index (χ4n) is 0.580. The van der Waals surface area contributed by atoms with Gasteiger partial charge in [-0.15, -0.1) is 0 Å². The van der Waals surface area contributed by atoms with Crippen LogP contribution in [0.25, 0.3) is 0 Å². The molecule has 3 N–H and O–H groups in total. The van der Waals surface area contributed by atoms with E-state index in [1.165, 1.54) is 0 Å². The molecule has 0 amide bonds. The van der Waals surface area contributed by atoms with E-state index in [0.717, 1.165) is 18.2 Å². The maximum atomic E-state index is 8.67. The Balaban J connectivity index is -0.000000214. The standard InChI is InChI=1S/C6H6O3.Co.2NO3/c7-4-1-5(8)3-6(9)2-4;;2*2-1(3)4/h1-3,7-9H;;;/q;+2;2*-1. The molecule has 0 fully saturated rings. The van der Waals surface area contributed by atoms with Gasteiger partial charge in [-0.1, -0.05) is 0 Å². The third-order valence-corrected chi connectivity index (χ3v) is 0.887. The maximum absolute atomic E-state index is 8.67. The minimum atomic E-state index is -1.75. The molecule has 1 aromatic carbocycles.